The van der Waals surface area contributed by atoms with Gasteiger partial charge in [0.25, 0.3) is 5.91 Å². The summed E-state index contributed by atoms with van der Waals surface area (Å²) in [6.45, 7) is 4.62. The maximum Gasteiger partial charge on any atom is 0.274 e. The van der Waals surface area contributed by atoms with Crippen LogP contribution in [0.5, 0.6) is 0 Å². The molecule has 0 saturated heterocycles. The number of aromatic nitrogens is 3. The van der Waals surface area contributed by atoms with Gasteiger partial charge in [0.05, 0.1) is 11.9 Å². The van der Waals surface area contributed by atoms with Crippen molar-refractivity contribution in [3.05, 3.63) is 42.0 Å². The zero-order chi connectivity index (χ0) is 12.3. The van der Waals surface area contributed by atoms with Crippen molar-refractivity contribution < 1.29 is 4.79 Å². The van der Waals surface area contributed by atoms with Crippen molar-refractivity contribution in [2.75, 3.05) is 5.32 Å². The van der Waals surface area contributed by atoms with Crippen molar-refractivity contribution in [1.82, 2.24) is 14.8 Å². The molecule has 0 fully saturated rings. The maximum atomic E-state index is 11.9. The molecule has 1 N–H and O–H groups in total. The minimum absolute atomic E-state index is 0.218. The summed E-state index contributed by atoms with van der Waals surface area (Å²) >= 11 is 0. The van der Waals surface area contributed by atoms with Gasteiger partial charge in [-0.2, -0.15) is 5.10 Å². The highest BCUT2D eigenvalue weighted by molar-refractivity contribution is 6.02. The molecule has 0 saturated carbocycles. The Bertz CT molecular complexity index is 533. The van der Waals surface area contributed by atoms with Crippen molar-refractivity contribution in [1.29, 1.82) is 0 Å². The third kappa shape index (κ3) is 2.69. The maximum absolute atomic E-state index is 11.9. The summed E-state index contributed by atoms with van der Waals surface area (Å²) in [4.78, 5) is 16.0. The van der Waals surface area contributed by atoms with E-state index in [0.29, 0.717) is 11.4 Å². The number of carbonyl (C=O) groups excluding carboxylic acids is 1. The van der Waals surface area contributed by atoms with E-state index in [1.165, 1.54) is 0 Å². The van der Waals surface area contributed by atoms with E-state index >= 15 is 0 Å². The standard InChI is InChI=1S/C12H14N4O/c1-3-16-8-10(7-13-16)15-12(17)11-6-4-5-9(2)14-11/h4-8H,3H2,1-2H3,(H,15,17). The Labute approximate surface area is 99.5 Å². The summed E-state index contributed by atoms with van der Waals surface area (Å²) in [7, 11) is 0. The first-order valence-electron chi connectivity index (χ1n) is 5.46. The molecule has 0 aliphatic heterocycles. The summed E-state index contributed by atoms with van der Waals surface area (Å²) in [5.41, 5.74) is 1.91. The molecule has 0 atom stereocenters. The highest BCUT2D eigenvalue weighted by Crippen LogP contribution is 2.07. The lowest BCUT2D eigenvalue weighted by Gasteiger charge is -2.02. The van der Waals surface area contributed by atoms with Crippen LogP contribution in [0.1, 0.15) is 23.1 Å². The Kier molecular flexibility index (Phi) is 3.18. The molecule has 0 bridgehead atoms. The number of nitrogens with one attached hydrogen (secondary N) is 1. The van der Waals surface area contributed by atoms with Crippen molar-refractivity contribution in [3.63, 3.8) is 0 Å². The lowest BCUT2D eigenvalue weighted by atomic mass is 10.3. The zero-order valence-electron chi connectivity index (χ0n) is 9.84. The number of aryl methyl sites for hydroxylation is 2. The van der Waals surface area contributed by atoms with Gasteiger partial charge >= 0.3 is 0 Å². The fourth-order valence-electron chi connectivity index (χ4n) is 1.47. The van der Waals surface area contributed by atoms with Crippen LogP contribution >= 0.6 is 0 Å². The van der Waals surface area contributed by atoms with Gasteiger partial charge in [-0.25, -0.2) is 4.98 Å². The molecule has 5 nitrogen and oxygen atoms in total. The first-order chi connectivity index (χ1) is 8.19. The van der Waals surface area contributed by atoms with E-state index in [0.717, 1.165) is 12.2 Å². The molecule has 0 radical (unpaired) electrons. The molecule has 2 aromatic heterocycles. The van der Waals surface area contributed by atoms with Gasteiger partial charge in [-0.15, -0.1) is 0 Å². The Morgan fingerprint density at radius 3 is 2.94 bits per heavy atom. The van der Waals surface area contributed by atoms with Gasteiger partial charge < -0.3 is 5.32 Å². The largest absolute Gasteiger partial charge is 0.318 e. The van der Waals surface area contributed by atoms with E-state index in [2.05, 4.69) is 15.4 Å². The minimum atomic E-state index is -0.218. The molecule has 1 amide bonds. The van der Waals surface area contributed by atoms with Crippen LogP contribution in [0.25, 0.3) is 0 Å². The number of rotatable bonds is 3. The van der Waals surface area contributed by atoms with Gasteiger partial charge in [0.2, 0.25) is 0 Å². The second-order valence-corrected chi connectivity index (χ2v) is 3.70. The number of amides is 1. The van der Waals surface area contributed by atoms with Crippen LogP contribution in [0.2, 0.25) is 0 Å². The summed E-state index contributed by atoms with van der Waals surface area (Å²) in [6.07, 6.45) is 3.41. The lowest BCUT2D eigenvalue weighted by molar-refractivity contribution is 0.102. The van der Waals surface area contributed by atoms with Gasteiger partial charge in [-0.3, -0.25) is 9.48 Å². The van der Waals surface area contributed by atoms with E-state index in [9.17, 15) is 4.79 Å². The highest BCUT2D eigenvalue weighted by atomic mass is 16.1. The summed E-state index contributed by atoms with van der Waals surface area (Å²) < 4.78 is 1.75. The van der Waals surface area contributed by atoms with Gasteiger partial charge in [0.15, 0.2) is 0 Å². The fraction of sp³-hybridized carbons (Fsp3) is 0.250. The van der Waals surface area contributed by atoms with E-state index in [1.807, 2.05) is 26.0 Å². The average Bonchev–Trinajstić information content (AvgIpc) is 2.77. The van der Waals surface area contributed by atoms with Crippen LogP contribution in [-0.2, 0) is 6.54 Å². The van der Waals surface area contributed by atoms with E-state index in [4.69, 9.17) is 0 Å². The third-order valence-electron chi connectivity index (χ3n) is 2.34. The third-order valence-corrected chi connectivity index (χ3v) is 2.34. The second kappa shape index (κ2) is 4.78. The Morgan fingerprint density at radius 1 is 1.47 bits per heavy atom. The number of hydrogen-bond acceptors (Lipinski definition) is 3. The van der Waals surface area contributed by atoms with Crippen LogP contribution in [0.3, 0.4) is 0 Å². The van der Waals surface area contributed by atoms with Crippen LogP contribution in [0.15, 0.2) is 30.6 Å². The first-order valence-corrected chi connectivity index (χ1v) is 5.46. The number of hydrogen-bond donors (Lipinski definition) is 1. The molecule has 0 unspecified atom stereocenters. The van der Waals surface area contributed by atoms with Crippen LogP contribution < -0.4 is 5.32 Å². The minimum Gasteiger partial charge on any atom is -0.318 e. The molecule has 5 heteroatoms. The Balaban J connectivity index is 2.11. The molecule has 17 heavy (non-hydrogen) atoms. The molecular formula is C12H14N4O. The molecule has 0 aliphatic carbocycles. The van der Waals surface area contributed by atoms with Crippen LogP contribution in [0, 0.1) is 6.92 Å². The van der Waals surface area contributed by atoms with E-state index < -0.39 is 0 Å². The van der Waals surface area contributed by atoms with Gasteiger partial charge in [-0.1, -0.05) is 6.07 Å². The SMILES string of the molecule is CCn1cc(NC(=O)c2cccc(C)n2)cn1. The fourth-order valence-corrected chi connectivity index (χ4v) is 1.47. The van der Waals surface area contributed by atoms with Crippen molar-refractivity contribution in [2.24, 2.45) is 0 Å². The number of pyridine rings is 1. The Morgan fingerprint density at radius 2 is 2.29 bits per heavy atom. The quantitative estimate of drug-likeness (QED) is 0.875. The highest BCUT2D eigenvalue weighted by Gasteiger charge is 2.08. The van der Waals surface area contributed by atoms with Gasteiger partial charge in [0, 0.05) is 18.4 Å². The molecular weight excluding hydrogens is 216 g/mol. The van der Waals surface area contributed by atoms with Crippen molar-refractivity contribution >= 4 is 11.6 Å². The summed E-state index contributed by atoms with van der Waals surface area (Å²) in [5.74, 6) is -0.218. The molecule has 0 aliphatic rings. The van der Waals surface area contributed by atoms with Gasteiger partial charge in [-0.05, 0) is 26.0 Å². The second-order valence-electron chi connectivity index (χ2n) is 3.70. The van der Waals surface area contributed by atoms with Gasteiger partial charge in [0.1, 0.15) is 5.69 Å². The molecule has 0 aromatic carbocycles. The van der Waals surface area contributed by atoms with Crippen LogP contribution in [-0.4, -0.2) is 20.7 Å². The average molecular weight is 230 g/mol. The van der Waals surface area contributed by atoms with E-state index in [-0.39, 0.29) is 5.91 Å². The first kappa shape index (κ1) is 11.3. The predicted octanol–water partition coefficient (Wildman–Crippen LogP) is 1.86. The van der Waals surface area contributed by atoms with E-state index in [1.54, 1.807) is 23.1 Å². The lowest BCUT2D eigenvalue weighted by Crippen LogP contribution is -2.13. The topological polar surface area (TPSA) is 59.8 Å². The molecule has 2 aromatic rings. The van der Waals surface area contributed by atoms with Crippen molar-refractivity contribution in [2.45, 2.75) is 20.4 Å². The number of anilines is 1. The van der Waals surface area contributed by atoms with Crippen molar-refractivity contribution in [3.8, 4) is 0 Å². The summed E-state index contributed by atoms with van der Waals surface area (Å²) in [6, 6.07) is 5.35. The molecule has 0 spiro atoms. The van der Waals surface area contributed by atoms with Crippen LogP contribution in [0.4, 0.5) is 5.69 Å². The molecule has 2 heterocycles. The monoisotopic (exact) mass is 230 g/mol. The normalized spacial score (nSPS) is 10.2. The predicted molar refractivity (Wildman–Crippen MR) is 64.8 cm³/mol. The Hall–Kier alpha value is -2.17. The zero-order valence-corrected chi connectivity index (χ0v) is 9.84. The molecule has 2 rings (SSSR count). The number of nitrogens with zero attached hydrogens (tertiary/aromatic N) is 3. The number of carbonyl (C=O) groups is 1. The summed E-state index contributed by atoms with van der Waals surface area (Å²) in [5, 5.41) is 6.84. The smallest absolute Gasteiger partial charge is 0.274 e. The molecule has 88 valence electrons.